The van der Waals surface area contributed by atoms with E-state index in [2.05, 4.69) is 20.4 Å². The summed E-state index contributed by atoms with van der Waals surface area (Å²) in [7, 11) is 0. The molecule has 0 aliphatic carbocycles. The molecule has 0 unspecified atom stereocenters. The molecular formula is C25H22N8O9S2. The highest BCUT2D eigenvalue weighted by molar-refractivity contribution is 8.00. The van der Waals surface area contributed by atoms with Gasteiger partial charge in [-0.3, -0.25) is 14.5 Å². The molecule has 5 rings (SSSR count). The number of aromatic nitrogens is 3. The van der Waals surface area contributed by atoms with Gasteiger partial charge in [0, 0.05) is 28.3 Å². The van der Waals surface area contributed by atoms with Crippen LogP contribution in [-0.4, -0.2) is 76.8 Å². The molecule has 1 fully saturated rings. The van der Waals surface area contributed by atoms with Crippen LogP contribution >= 0.6 is 23.1 Å². The Morgan fingerprint density at radius 2 is 2.02 bits per heavy atom. The number of rotatable bonds is 10. The molecule has 44 heavy (non-hydrogen) atoms. The summed E-state index contributed by atoms with van der Waals surface area (Å²) in [5.41, 5.74) is 10.6. The summed E-state index contributed by atoms with van der Waals surface area (Å²) in [6.07, 6.45) is 1.20. The van der Waals surface area contributed by atoms with Crippen molar-refractivity contribution in [1.82, 2.24) is 20.2 Å². The third kappa shape index (κ3) is 5.90. The summed E-state index contributed by atoms with van der Waals surface area (Å²) in [4.78, 5) is 64.7. The lowest BCUT2D eigenvalue weighted by molar-refractivity contribution is -0.691. The van der Waals surface area contributed by atoms with E-state index < -0.39 is 58.5 Å². The van der Waals surface area contributed by atoms with E-state index in [0.717, 1.165) is 28.4 Å². The predicted octanol–water partition coefficient (Wildman–Crippen LogP) is -1.95. The monoisotopic (exact) mass is 642 g/mol. The van der Waals surface area contributed by atoms with Crippen LogP contribution in [0.1, 0.15) is 17.4 Å². The van der Waals surface area contributed by atoms with Crippen molar-refractivity contribution in [2.75, 3.05) is 17.2 Å². The molecule has 1 aromatic carbocycles. The number of nitrogen functional groups attached to an aromatic ring is 2. The van der Waals surface area contributed by atoms with Gasteiger partial charge < -0.3 is 46.8 Å². The Balaban J connectivity index is 1.37. The third-order valence-corrected chi connectivity index (χ3v) is 8.46. The topological polar surface area (TPSA) is 271 Å². The van der Waals surface area contributed by atoms with E-state index in [4.69, 9.17) is 16.3 Å². The molecule has 3 atom stereocenters. The Bertz CT molecular complexity index is 1730. The van der Waals surface area contributed by atoms with Crippen molar-refractivity contribution in [3.05, 3.63) is 64.7 Å². The van der Waals surface area contributed by atoms with Gasteiger partial charge in [0.25, 0.3) is 18.1 Å². The van der Waals surface area contributed by atoms with Crippen LogP contribution in [0.25, 0.3) is 0 Å². The van der Waals surface area contributed by atoms with Gasteiger partial charge in [-0.25, -0.2) is 14.3 Å². The fraction of sp³-hybridized carbons (Fsp3) is 0.200. The number of phenols is 2. The zero-order valence-corrected chi connectivity index (χ0v) is 23.8. The number of phenolic OH excluding ortho intramolecular Hbond substituents is 2. The molecule has 1 saturated heterocycles. The number of nitrogens with two attached hydrogens (primary N) is 2. The fourth-order valence-corrected chi connectivity index (χ4v) is 6.25. The molecule has 17 nitrogen and oxygen atoms in total. The number of benzene rings is 1. The fourth-order valence-electron chi connectivity index (χ4n) is 4.37. The summed E-state index contributed by atoms with van der Waals surface area (Å²) in [5, 5.41) is 47.9. The molecule has 19 heteroatoms. The number of fused-ring (bicyclic) bond motifs is 1. The first-order chi connectivity index (χ1) is 20.9. The number of carboxylic acids is 2. The van der Waals surface area contributed by atoms with Gasteiger partial charge >= 0.3 is 5.97 Å². The Labute approximate surface area is 255 Å². The molecule has 8 N–H and O–H groups in total. The van der Waals surface area contributed by atoms with Crippen molar-refractivity contribution in [1.29, 1.82) is 0 Å². The van der Waals surface area contributed by atoms with Gasteiger partial charge in [-0.1, -0.05) is 11.2 Å². The van der Waals surface area contributed by atoms with Gasteiger partial charge in [-0.2, -0.15) is 0 Å². The number of β-lactam (4-membered cyclic amide) rings is 1. The molecule has 2 amide bonds. The quantitative estimate of drug-likeness (QED) is 0.0461. The maximum atomic E-state index is 13.4. The number of nitrogens with one attached hydrogen (secondary N) is 1. The van der Waals surface area contributed by atoms with Crippen LogP contribution in [0.15, 0.2) is 58.6 Å². The number of hydrogen-bond donors (Lipinski definition) is 6. The van der Waals surface area contributed by atoms with Gasteiger partial charge in [0.1, 0.15) is 23.7 Å². The number of carbonyl (C=O) groups is 4. The molecule has 2 aliphatic rings. The number of nitrogens with zero attached hydrogens (tertiary/aromatic N) is 5. The molecule has 2 aliphatic heterocycles. The van der Waals surface area contributed by atoms with Gasteiger partial charge in [0.05, 0.1) is 17.9 Å². The Kier molecular flexibility index (Phi) is 8.23. The second kappa shape index (κ2) is 12.1. The molecule has 0 bridgehead atoms. The molecular weight excluding hydrogens is 620 g/mol. The van der Waals surface area contributed by atoms with E-state index in [1.54, 1.807) is 10.8 Å². The smallest absolute Gasteiger partial charge is 0.352 e. The summed E-state index contributed by atoms with van der Waals surface area (Å²) < 4.78 is 1.59. The first kappa shape index (κ1) is 30.0. The Morgan fingerprint density at radius 3 is 2.64 bits per heavy atom. The Hall–Kier alpha value is -5.43. The summed E-state index contributed by atoms with van der Waals surface area (Å²) >= 11 is 2.16. The number of oxime groups is 1. The van der Waals surface area contributed by atoms with Gasteiger partial charge in [0.2, 0.25) is 11.9 Å². The van der Waals surface area contributed by atoms with Gasteiger partial charge in [0.15, 0.2) is 22.3 Å². The number of aliphatic carboxylic acids is 2. The van der Waals surface area contributed by atoms with Crippen LogP contribution in [0, 0.1) is 0 Å². The lowest BCUT2D eigenvalue weighted by atomic mass is 10.0. The van der Waals surface area contributed by atoms with E-state index in [1.807, 2.05) is 0 Å². The number of carboxylic acid groups (broad SMARTS) is 2. The van der Waals surface area contributed by atoms with Crippen LogP contribution in [0.5, 0.6) is 11.5 Å². The number of hydrogen-bond acceptors (Lipinski definition) is 15. The minimum Gasteiger partial charge on any atom is -0.543 e. The molecule has 228 valence electrons. The second-order valence-electron chi connectivity index (χ2n) is 9.34. The molecule has 0 saturated carbocycles. The van der Waals surface area contributed by atoms with E-state index in [0.29, 0.717) is 5.57 Å². The summed E-state index contributed by atoms with van der Waals surface area (Å²) in [6, 6.07) is 3.52. The molecule has 2 aromatic heterocycles. The van der Waals surface area contributed by atoms with Crippen molar-refractivity contribution in [3.8, 4) is 11.5 Å². The van der Waals surface area contributed by atoms with Crippen LogP contribution in [0.2, 0.25) is 0 Å². The zero-order valence-electron chi connectivity index (χ0n) is 22.2. The number of amides is 2. The number of thiazole rings is 1. The SMILES string of the molecule is Nc1cc[n+](CC2=C(C(=O)[O-])N3C(=O)[C@@H](NC(=O)/C(=N\O[C@H](C(=O)O)c4ccc(O)c(O)c4)c4csc(N)n4)[C@H]3SC2)cn1. The lowest BCUT2D eigenvalue weighted by Crippen LogP contribution is -2.71. The molecule has 0 spiro atoms. The van der Waals surface area contributed by atoms with Crippen LogP contribution < -0.4 is 26.5 Å². The molecule has 3 aromatic rings. The average Bonchev–Trinajstić information content (AvgIpc) is 3.41. The van der Waals surface area contributed by atoms with Gasteiger partial charge in [-0.15, -0.1) is 23.1 Å². The van der Waals surface area contributed by atoms with Crippen molar-refractivity contribution in [3.63, 3.8) is 0 Å². The van der Waals surface area contributed by atoms with Crippen molar-refractivity contribution in [2.24, 2.45) is 5.16 Å². The second-order valence-corrected chi connectivity index (χ2v) is 11.3. The zero-order chi connectivity index (χ0) is 31.7. The number of aromatic hydroxyl groups is 2. The largest absolute Gasteiger partial charge is 0.543 e. The van der Waals surface area contributed by atoms with E-state index in [9.17, 15) is 39.6 Å². The highest BCUT2D eigenvalue weighted by atomic mass is 32.2. The van der Waals surface area contributed by atoms with E-state index in [1.165, 1.54) is 35.6 Å². The van der Waals surface area contributed by atoms with E-state index in [-0.39, 0.29) is 40.2 Å². The molecule has 0 radical (unpaired) electrons. The van der Waals surface area contributed by atoms with Gasteiger partial charge in [-0.05, 0) is 17.1 Å². The molecule has 4 heterocycles. The number of carbonyl (C=O) groups excluding carboxylic acids is 3. The number of anilines is 2. The first-order valence-corrected chi connectivity index (χ1v) is 14.4. The number of thioether (sulfide) groups is 1. The Morgan fingerprint density at radius 1 is 1.25 bits per heavy atom. The van der Waals surface area contributed by atoms with Crippen LogP contribution in [0.4, 0.5) is 10.9 Å². The average molecular weight is 643 g/mol. The van der Waals surface area contributed by atoms with Crippen molar-refractivity contribution < 1.29 is 49.0 Å². The first-order valence-electron chi connectivity index (χ1n) is 12.4. The standard InChI is InChI=1S/C25H22N8O9S2/c26-15-3-4-32(9-28-15)6-11-7-43-22-17(21(37)33(22)18(11)23(38)39)30-20(36)16(12-8-44-25(27)29-12)31-42-19(24(40)41)10-1-2-13(34)14(35)5-10/h1-5,8-9,17,19,22,26H,6-7H2,(H7,27,29,30,31,34,35,36,38,39,40,41)/t17-,19+,22-/m1/s1. The predicted molar refractivity (Wildman–Crippen MR) is 150 cm³/mol. The van der Waals surface area contributed by atoms with Crippen molar-refractivity contribution in [2.45, 2.75) is 24.1 Å². The lowest BCUT2D eigenvalue weighted by Gasteiger charge is -2.50. The third-order valence-electron chi connectivity index (χ3n) is 6.45. The van der Waals surface area contributed by atoms with Crippen molar-refractivity contribution >= 4 is 63.5 Å². The minimum absolute atomic E-state index is 0.0536. The minimum atomic E-state index is -1.82. The highest BCUT2D eigenvalue weighted by Crippen LogP contribution is 2.40. The summed E-state index contributed by atoms with van der Waals surface area (Å²) in [6.45, 7) is 0.0973. The van der Waals surface area contributed by atoms with Crippen LogP contribution in [0.3, 0.4) is 0 Å². The maximum Gasteiger partial charge on any atom is 0.352 e. The highest BCUT2D eigenvalue weighted by Gasteiger charge is 2.53. The maximum absolute atomic E-state index is 13.4. The van der Waals surface area contributed by atoms with E-state index >= 15 is 0 Å². The summed E-state index contributed by atoms with van der Waals surface area (Å²) in [5.74, 6) is -5.46. The normalized spacial score (nSPS) is 18.7. The van der Waals surface area contributed by atoms with Crippen LogP contribution in [-0.2, 0) is 30.6 Å².